The van der Waals surface area contributed by atoms with E-state index in [4.69, 9.17) is 11.6 Å². The van der Waals surface area contributed by atoms with Crippen LogP contribution in [0.2, 0.25) is 5.02 Å². The van der Waals surface area contributed by atoms with Crippen LogP contribution in [0.5, 0.6) is 0 Å². The highest BCUT2D eigenvalue weighted by atomic mass is 35.5. The van der Waals surface area contributed by atoms with E-state index in [-0.39, 0.29) is 6.04 Å². The SMILES string of the molecule is CCCN(C(=O)n1nnn(-c2ccccc2Cl)c1=O)C1CCCCC1. The largest absolute Gasteiger partial charge is 0.377 e. The lowest BCUT2D eigenvalue weighted by Crippen LogP contribution is -2.47. The second kappa shape index (κ2) is 7.82. The Bertz CT molecular complexity index is 794. The topological polar surface area (TPSA) is 73.0 Å². The van der Waals surface area contributed by atoms with Crippen LogP contribution in [0.25, 0.3) is 5.69 Å². The van der Waals surface area contributed by atoms with Crippen LogP contribution in [0.1, 0.15) is 45.4 Å². The van der Waals surface area contributed by atoms with E-state index >= 15 is 0 Å². The summed E-state index contributed by atoms with van der Waals surface area (Å²) in [5.74, 6) is 0. The predicted molar refractivity (Wildman–Crippen MR) is 95.3 cm³/mol. The van der Waals surface area contributed by atoms with Gasteiger partial charge in [0, 0.05) is 12.6 Å². The van der Waals surface area contributed by atoms with Crippen LogP contribution in [0, 0.1) is 0 Å². The first-order valence-electron chi connectivity index (χ1n) is 8.74. The second-order valence-electron chi connectivity index (χ2n) is 6.30. The molecule has 0 saturated heterocycles. The molecule has 1 saturated carbocycles. The molecule has 1 aliphatic carbocycles. The van der Waals surface area contributed by atoms with E-state index < -0.39 is 11.7 Å². The molecule has 0 spiro atoms. The zero-order valence-corrected chi connectivity index (χ0v) is 15.0. The highest BCUT2D eigenvalue weighted by molar-refractivity contribution is 6.32. The van der Waals surface area contributed by atoms with Crippen molar-refractivity contribution in [3.8, 4) is 5.69 Å². The van der Waals surface area contributed by atoms with Gasteiger partial charge in [0.2, 0.25) is 0 Å². The molecule has 0 atom stereocenters. The minimum Gasteiger partial charge on any atom is -0.320 e. The van der Waals surface area contributed by atoms with Gasteiger partial charge in [0.1, 0.15) is 0 Å². The number of benzene rings is 1. The number of hydrogen-bond donors (Lipinski definition) is 0. The molecule has 1 aromatic carbocycles. The number of hydrogen-bond acceptors (Lipinski definition) is 4. The Morgan fingerprint density at radius 3 is 2.64 bits per heavy atom. The van der Waals surface area contributed by atoms with Gasteiger partial charge >= 0.3 is 11.7 Å². The summed E-state index contributed by atoms with van der Waals surface area (Å²) in [4.78, 5) is 27.3. The summed E-state index contributed by atoms with van der Waals surface area (Å²) in [5.41, 5.74) is -0.192. The number of amides is 1. The number of nitrogens with zero attached hydrogens (tertiary/aromatic N) is 5. The third kappa shape index (κ3) is 3.61. The Balaban J connectivity index is 1.91. The smallest absolute Gasteiger partial charge is 0.320 e. The summed E-state index contributed by atoms with van der Waals surface area (Å²) in [6, 6.07) is 6.60. The van der Waals surface area contributed by atoms with Gasteiger partial charge in [0.25, 0.3) is 0 Å². The second-order valence-corrected chi connectivity index (χ2v) is 6.71. The van der Waals surface area contributed by atoms with Crippen molar-refractivity contribution in [2.45, 2.75) is 51.5 Å². The van der Waals surface area contributed by atoms with E-state index in [0.29, 0.717) is 17.3 Å². The normalized spacial score (nSPS) is 15.3. The number of tetrazole rings is 1. The zero-order valence-electron chi connectivity index (χ0n) is 14.3. The Morgan fingerprint density at radius 2 is 1.96 bits per heavy atom. The lowest BCUT2D eigenvalue weighted by molar-refractivity contribution is 0.153. The van der Waals surface area contributed by atoms with E-state index in [1.807, 2.05) is 6.92 Å². The fourth-order valence-corrected chi connectivity index (χ4v) is 3.55. The van der Waals surface area contributed by atoms with Crippen LogP contribution < -0.4 is 5.69 Å². The molecule has 1 heterocycles. The van der Waals surface area contributed by atoms with Gasteiger partial charge in [0.15, 0.2) is 0 Å². The maximum Gasteiger partial charge on any atom is 0.377 e. The molecule has 1 aromatic heterocycles. The molecule has 1 aliphatic rings. The van der Waals surface area contributed by atoms with Gasteiger partial charge in [-0.05, 0) is 41.8 Å². The van der Waals surface area contributed by atoms with Crippen molar-refractivity contribution < 1.29 is 4.79 Å². The van der Waals surface area contributed by atoms with Crippen molar-refractivity contribution in [2.75, 3.05) is 6.54 Å². The van der Waals surface area contributed by atoms with Gasteiger partial charge in [0.05, 0.1) is 10.7 Å². The molecule has 0 bridgehead atoms. The molecule has 1 fully saturated rings. The number of para-hydroxylation sites is 1. The average Bonchev–Trinajstić information content (AvgIpc) is 3.01. The number of carbonyl (C=O) groups excluding carboxylic acids is 1. The maximum absolute atomic E-state index is 12.9. The summed E-state index contributed by atoms with van der Waals surface area (Å²) in [5, 5.41) is 8.02. The van der Waals surface area contributed by atoms with Crippen LogP contribution in [0.3, 0.4) is 0 Å². The minimum atomic E-state index is -0.602. The van der Waals surface area contributed by atoms with E-state index in [1.54, 1.807) is 29.2 Å². The number of carbonyl (C=O) groups is 1. The van der Waals surface area contributed by atoms with Crippen LogP contribution in [0.15, 0.2) is 29.1 Å². The predicted octanol–water partition coefficient (Wildman–Crippen LogP) is 3.10. The van der Waals surface area contributed by atoms with E-state index in [2.05, 4.69) is 10.4 Å². The third-order valence-electron chi connectivity index (χ3n) is 4.57. The molecule has 0 unspecified atom stereocenters. The van der Waals surface area contributed by atoms with Crippen LogP contribution >= 0.6 is 11.6 Å². The molecule has 7 nitrogen and oxygen atoms in total. The highest BCUT2D eigenvalue weighted by Crippen LogP contribution is 2.23. The first-order chi connectivity index (χ1) is 12.1. The molecular weight excluding hydrogens is 342 g/mol. The zero-order chi connectivity index (χ0) is 17.8. The van der Waals surface area contributed by atoms with E-state index in [1.165, 1.54) is 6.42 Å². The lowest BCUT2D eigenvalue weighted by Gasteiger charge is -2.33. The quantitative estimate of drug-likeness (QED) is 0.782. The maximum atomic E-state index is 12.9. The fraction of sp³-hybridized carbons (Fsp3) is 0.529. The standard InChI is InChI=1S/C17H22ClN5O2/c1-2-12-21(13-8-4-3-5-9-13)16(24)23-17(25)22(19-20-23)15-11-7-6-10-14(15)18/h6-7,10-11,13H,2-5,8-9,12H2,1H3. The summed E-state index contributed by atoms with van der Waals surface area (Å²) in [6.07, 6.45) is 6.19. The summed E-state index contributed by atoms with van der Waals surface area (Å²) < 4.78 is 1.90. The molecule has 3 rings (SSSR count). The van der Waals surface area contributed by atoms with Crippen molar-refractivity contribution >= 4 is 17.6 Å². The monoisotopic (exact) mass is 363 g/mol. The van der Waals surface area contributed by atoms with Gasteiger partial charge in [-0.1, -0.05) is 49.9 Å². The Hall–Kier alpha value is -2.15. The van der Waals surface area contributed by atoms with Crippen molar-refractivity contribution in [1.29, 1.82) is 0 Å². The van der Waals surface area contributed by atoms with E-state index in [0.717, 1.165) is 41.5 Å². The first kappa shape index (κ1) is 17.7. The van der Waals surface area contributed by atoms with Crippen molar-refractivity contribution in [2.24, 2.45) is 0 Å². The first-order valence-corrected chi connectivity index (χ1v) is 9.12. The molecule has 8 heteroatoms. The average molecular weight is 364 g/mol. The molecule has 25 heavy (non-hydrogen) atoms. The van der Waals surface area contributed by atoms with Crippen LogP contribution in [-0.4, -0.2) is 43.3 Å². The Morgan fingerprint density at radius 1 is 1.24 bits per heavy atom. The Kier molecular flexibility index (Phi) is 5.53. The fourth-order valence-electron chi connectivity index (χ4n) is 3.33. The van der Waals surface area contributed by atoms with Gasteiger partial charge in [-0.15, -0.1) is 4.68 Å². The highest BCUT2D eigenvalue weighted by Gasteiger charge is 2.28. The molecule has 0 aliphatic heterocycles. The van der Waals surface area contributed by atoms with Crippen molar-refractivity contribution in [3.05, 3.63) is 39.8 Å². The number of aromatic nitrogens is 4. The molecule has 1 amide bonds. The van der Waals surface area contributed by atoms with Crippen molar-refractivity contribution in [1.82, 2.24) is 24.7 Å². The Labute approximate surface area is 151 Å². The van der Waals surface area contributed by atoms with Crippen LogP contribution in [-0.2, 0) is 0 Å². The summed E-state index contributed by atoms with van der Waals surface area (Å²) >= 11 is 6.12. The molecule has 134 valence electrons. The summed E-state index contributed by atoms with van der Waals surface area (Å²) in [6.45, 7) is 2.63. The van der Waals surface area contributed by atoms with Gasteiger partial charge in [-0.25, -0.2) is 9.59 Å². The lowest BCUT2D eigenvalue weighted by atomic mass is 9.94. The van der Waals surface area contributed by atoms with Crippen molar-refractivity contribution in [3.63, 3.8) is 0 Å². The van der Waals surface area contributed by atoms with Crippen LogP contribution in [0.4, 0.5) is 4.79 Å². The van der Waals surface area contributed by atoms with Gasteiger partial charge in [-0.2, -0.15) is 4.68 Å². The van der Waals surface area contributed by atoms with Gasteiger partial charge < -0.3 is 4.90 Å². The van der Waals surface area contributed by atoms with Gasteiger partial charge in [-0.3, -0.25) is 0 Å². The summed E-state index contributed by atoms with van der Waals surface area (Å²) in [7, 11) is 0. The third-order valence-corrected chi connectivity index (χ3v) is 4.89. The number of halogens is 1. The molecule has 2 aromatic rings. The minimum absolute atomic E-state index is 0.165. The molecule has 0 N–H and O–H groups in total. The number of rotatable bonds is 4. The molecular formula is C17H22ClN5O2. The molecule has 0 radical (unpaired) electrons. The van der Waals surface area contributed by atoms with E-state index in [9.17, 15) is 9.59 Å².